The Morgan fingerprint density at radius 2 is 1.68 bits per heavy atom. The summed E-state index contributed by atoms with van der Waals surface area (Å²) in [5, 5.41) is 3.53. The fraction of sp³-hybridized carbons (Fsp3) is 0.368. The molecule has 3 nitrogen and oxygen atoms in total. The second-order valence-corrected chi connectivity index (χ2v) is 5.42. The molecule has 0 radical (unpaired) electrons. The highest BCUT2D eigenvalue weighted by Gasteiger charge is 2.11. The van der Waals surface area contributed by atoms with Crippen molar-refractivity contribution in [2.24, 2.45) is 0 Å². The fourth-order valence-corrected chi connectivity index (χ4v) is 2.51. The van der Waals surface area contributed by atoms with Crippen LogP contribution in [0, 0.1) is 13.8 Å². The molecular formula is C19H25NO2. The number of aryl methyl sites for hydroxylation is 2. The molecule has 2 aromatic carbocycles. The maximum atomic E-state index is 5.89. The van der Waals surface area contributed by atoms with Crippen LogP contribution in [0.25, 0.3) is 0 Å². The molecule has 1 N–H and O–H groups in total. The summed E-state index contributed by atoms with van der Waals surface area (Å²) in [6, 6.07) is 12.3. The van der Waals surface area contributed by atoms with Gasteiger partial charge >= 0.3 is 0 Å². The van der Waals surface area contributed by atoms with E-state index in [1.54, 1.807) is 7.11 Å². The molecule has 0 atom stereocenters. The fourth-order valence-electron chi connectivity index (χ4n) is 2.51. The minimum absolute atomic E-state index is 0.691. The van der Waals surface area contributed by atoms with E-state index < -0.39 is 0 Å². The minimum Gasteiger partial charge on any atom is -0.493 e. The molecule has 0 unspecified atom stereocenters. The molecule has 22 heavy (non-hydrogen) atoms. The SMILES string of the molecule is CCCOc1c(CNc2c(C)cccc2C)cccc1OC. The summed E-state index contributed by atoms with van der Waals surface area (Å²) in [7, 11) is 1.68. The van der Waals surface area contributed by atoms with Crippen molar-refractivity contribution in [1.29, 1.82) is 0 Å². The lowest BCUT2D eigenvalue weighted by Crippen LogP contribution is -2.07. The Hall–Kier alpha value is -2.16. The van der Waals surface area contributed by atoms with Crippen LogP contribution in [-0.2, 0) is 6.54 Å². The summed E-state index contributed by atoms with van der Waals surface area (Å²) in [6.07, 6.45) is 0.974. The van der Waals surface area contributed by atoms with Crippen molar-refractivity contribution < 1.29 is 9.47 Å². The van der Waals surface area contributed by atoms with Crippen molar-refractivity contribution in [1.82, 2.24) is 0 Å². The van der Waals surface area contributed by atoms with Gasteiger partial charge in [-0.25, -0.2) is 0 Å². The van der Waals surface area contributed by atoms with Crippen molar-refractivity contribution in [2.75, 3.05) is 19.0 Å². The Morgan fingerprint density at radius 3 is 2.32 bits per heavy atom. The Labute approximate surface area is 133 Å². The molecule has 0 aromatic heterocycles. The number of rotatable bonds is 7. The van der Waals surface area contributed by atoms with Crippen LogP contribution in [0.3, 0.4) is 0 Å². The zero-order valence-corrected chi connectivity index (χ0v) is 13.9. The second-order valence-electron chi connectivity index (χ2n) is 5.42. The highest BCUT2D eigenvalue weighted by atomic mass is 16.5. The second kappa shape index (κ2) is 7.74. The van der Waals surface area contributed by atoms with Gasteiger partial charge in [0, 0.05) is 17.8 Å². The molecule has 0 aliphatic heterocycles. The molecule has 0 saturated carbocycles. The highest BCUT2D eigenvalue weighted by Crippen LogP contribution is 2.32. The third kappa shape index (κ3) is 3.73. The Kier molecular flexibility index (Phi) is 5.70. The predicted octanol–water partition coefficient (Wildman–Crippen LogP) is 4.71. The van der Waals surface area contributed by atoms with E-state index in [-0.39, 0.29) is 0 Å². The van der Waals surface area contributed by atoms with Gasteiger partial charge in [-0.05, 0) is 37.5 Å². The summed E-state index contributed by atoms with van der Waals surface area (Å²) >= 11 is 0. The maximum Gasteiger partial charge on any atom is 0.166 e. The first-order valence-electron chi connectivity index (χ1n) is 7.76. The van der Waals surface area contributed by atoms with E-state index in [0.717, 1.165) is 23.5 Å². The van der Waals surface area contributed by atoms with Crippen LogP contribution in [0.2, 0.25) is 0 Å². The average molecular weight is 299 g/mol. The van der Waals surface area contributed by atoms with Crippen molar-refractivity contribution in [3.63, 3.8) is 0 Å². The molecule has 0 spiro atoms. The van der Waals surface area contributed by atoms with Gasteiger partial charge in [-0.1, -0.05) is 37.3 Å². The summed E-state index contributed by atoms with van der Waals surface area (Å²) in [5.41, 5.74) is 4.79. The molecule has 0 aliphatic rings. The zero-order valence-electron chi connectivity index (χ0n) is 13.9. The van der Waals surface area contributed by atoms with Crippen molar-refractivity contribution in [3.05, 3.63) is 53.1 Å². The van der Waals surface area contributed by atoms with Gasteiger partial charge in [0.05, 0.1) is 13.7 Å². The highest BCUT2D eigenvalue weighted by molar-refractivity contribution is 5.58. The van der Waals surface area contributed by atoms with Crippen molar-refractivity contribution in [3.8, 4) is 11.5 Å². The summed E-state index contributed by atoms with van der Waals surface area (Å²) in [6.45, 7) is 7.74. The standard InChI is InChI=1S/C19H25NO2/c1-5-12-22-19-16(10-7-11-17(19)21-4)13-20-18-14(2)8-6-9-15(18)3/h6-11,20H,5,12-13H2,1-4H3. The smallest absolute Gasteiger partial charge is 0.166 e. The number of para-hydroxylation sites is 2. The van der Waals surface area contributed by atoms with E-state index in [2.05, 4.69) is 50.4 Å². The van der Waals surface area contributed by atoms with Crippen LogP contribution in [0.15, 0.2) is 36.4 Å². The average Bonchev–Trinajstić information content (AvgIpc) is 2.52. The first-order valence-corrected chi connectivity index (χ1v) is 7.76. The first-order chi connectivity index (χ1) is 10.7. The third-order valence-electron chi connectivity index (χ3n) is 3.67. The van der Waals surface area contributed by atoms with Gasteiger partial charge in [-0.3, -0.25) is 0 Å². The van der Waals surface area contributed by atoms with Gasteiger partial charge in [-0.2, -0.15) is 0 Å². The number of hydrogen-bond donors (Lipinski definition) is 1. The number of nitrogens with one attached hydrogen (secondary N) is 1. The van der Waals surface area contributed by atoms with Crippen LogP contribution >= 0.6 is 0 Å². The summed E-state index contributed by atoms with van der Waals surface area (Å²) in [5.74, 6) is 1.62. The quantitative estimate of drug-likeness (QED) is 0.803. The van der Waals surface area contributed by atoms with Crippen LogP contribution in [0.5, 0.6) is 11.5 Å². The Balaban J connectivity index is 2.22. The molecule has 2 rings (SSSR count). The van der Waals surface area contributed by atoms with Crippen LogP contribution in [0.1, 0.15) is 30.0 Å². The lowest BCUT2D eigenvalue weighted by Gasteiger charge is -2.17. The molecule has 2 aromatic rings. The lowest BCUT2D eigenvalue weighted by atomic mass is 10.1. The number of methoxy groups -OCH3 is 1. The van der Waals surface area contributed by atoms with Crippen LogP contribution in [0.4, 0.5) is 5.69 Å². The van der Waals surface area contributed by atoms with E-state index >= 15 is 0 Å². The normalized spacial score (nSPS) is 10.4. The Bertz CT molecular complexity index is 603. The molecule has 0 aliphatic carbocycles. The molecule has 0 bridgehead atoms. The molecule has 118 valence electrons. The molecule has 0 saturated heterocycles. The van der Waals surface area contributed by atoms with E-state index in [1.165, 1.54) is 16.8 Å². The number of benzene rings is 2. The van der Waals surface area contributed by atoms with Crippen LogP contribution in [-0.4, -0.2) is 13.7 Å². The van der Waals surface area contributed by atoms with Crippen molar-refractivity contribution >= 4 is 5.69 Å². The van der Waals surface area contributed by atoms with Gasteiger partial charge < -0.3 is 14.8 Å². The maximum absolute atomic E-state index is 5.89. The largest absolute Gasteiger partial charge is 0.493 e. The zero-order chi connectivity index (χ0) is 15.9. The molecule has 0 amide bonds. The lowest BCUT2D eigenvalue weighted by molar-refractivity contribution is 0.291. The number of hydrogen-bond acceptors (Lipinski definition) is 3. The van der Waals surface area contributed by atoms with E-state index in [1.807, 2.05) is 12.1 Å². The van der Waals surface area contributed by atoms with Gasteiger partial charge in [-0.15, -0.1) is 0 Å². The third-order valence-corrected chi connectivity index (χ3v) is 3.67. The van der Waals surface area contributed by atoms with Gasteiger partial charge in [0.1, 0.15) is 0 Å². The molecule has 3 heteroatoms. The predicted molar refractivity (Wildman–Crippen MR) is 92.0 cm³/mol. The number of ether oxygens (including phenoxy) is 2. The van der Waals surface area contributed by atoms with Gasteiger partial charge in [0.15, 0.2) is 11.5 Å². The molecule has 0 heterocycles. The summed E-state index contributed by atoms with van der Waals surface area (Å²) in [4.78, 5) is 0. The molecular weight excluding hydrogens is 274 g/mol. The van der Waals surface area contributed by atoms with Crippen LogP contribution < -0.4 is 14.8 Å². The van der Waals surface area contributed by atoms with Gasteiger partial charge in [0.25, 0.3) is 0 Å². The van der Waals surface area contributed by atoms with E-state index in [9.17, 15) is 0 Å². The van der Waals surface area contributed by atoms with Gasteiger partial charge in [0.2, 0.25) is 0 Å². The minimum atomic E-state index is 0.691. The first kappa shape index (κ1) is 16.2. The summed E-state index contributed by atoms with van der Waals surface area (Å²) < 4.78 is 11.3. The topological polar surface area (TPSA) is 30.5 Å². The Morgan fingerprint density at radius 1 is 1.00 bits per heavy atom. The van der Waals surface area contributed by atoms with E-state index in [4.69, 9.17) is 9.47 Å². The van der Waals surface area contributed by atoms with E-state index in [0.29, 0.717) is 13.2 Å². The monoisotopic (exact) mass is 299 g/mol. The number of anilines is 1. The molecule has 0 fully saturated rings. The van der Waals surface area contributed by atoms with Crippen molar-refractivity contribution in [2.45, 2.75) is 33.7 Å².